The van der Waals surface area contributed by atoms with Gasteiger partial charge in [-0.15, -0.1) is 0 Å². The third-order valence-corrected chi connectivity index (χ3v) is 7.43. The van der Waals surface area contributed by atoms with Crippen molar-refractivity contribution in [3.63, 3.8) is 0 Å². The van der Waals surface area contributed by atoms with Gasteiger partial charge in [-0.1, -0.05) is 6.07 Å². The van der Waals surface area contributed by atoms with Crippen molar-refractivity contribution in [3.8, 4) is 5.69 Å². The van der Waals surface area contributed by atoms with Crippen molar-refractivity contribution in [3.05, 3.63) is 119 Å². The number of aliphatic hydroxyl groups is 1. The number of anilines is 2. The number of hydrogen-bond donors (Lipinski definition) is 1. The molecule has 0 spiro atoms. The zero-order chi connectivity index (χ0) is 29.3. The number of halogens is 3. The van der Waals surface area contributed by atoms with E-state index in [2.05, 4.69) is 25.0 Å². The summed E-state index contributed by atoms with van der Waals surface area (Å²) in [6.07, 6.45) is 3.94. The molecule has 1 aliphatic rings. The SMILES string of the molecule is O=c1n(-c2ccc(N3CCN(c4ccc(F)cc4)CC3)cc2)cnn1CC(O)(Cn1cncn1)c1ccc(F)cc1F. The normalized spacial score (nSPS) is 15.1. The number of rotatable bonds is 8. The lowest BCUT2D eigenvalue weighted by atomic mass is 9.93. The Morgan fingerprint density at radius 3 is 1.93 bits per heavy atom. The summed E-state index contributed by atoms with van der Waals surface area (Å²) in [7, 11) is 0. The van der Waals surface area contributed by atoms with E-state index in [4.69, 9.17) is 0 Å². The van der Waals surface area contributed by atoms with Crippen LogP contribution < -0.4 is 15.5 Å². The minimum Gasteiger partial charge on any atom is -0.381 e. The fourth-order valence-electron chi connectivity index (χ4n) is 5.24. The summed E-state index contributed by atoms with van der Waals surface area (Å²) < 4.78 is 45.3. The molecule has 10 nitrogen and oxygen atoms in total. The summed E-state index contributed by atoms with van der Waals surface area (Å²) in [6.45, 7) is 2.45. The molecule has 1 N–H and O–H groups in total. The Labute approximate surface area is 238 Å². The minimum absolute atomic E-state index is 0.204. The van der Waals surface area contributed by atoms with E-state index >= 15 is 0 Å². The van der Waals surface area contributed by atoms with Crippen LogP contribution in [-0.4, -0.2) is 60.4 Å². The molecule has 2 aromatic heterocycles. The Morgan fingerprint density at radius 2 is 1.33 bits per heavy atom. The Hall–Kier alpha value is -4.91. The van der Waals surface area contributed by atoms with Crippen molar-refractivity contribution >= 4 is 11.4 Å². The lowest BCUT2D eigenvalue weighted by molar-refractivity contribution is -0.00948. The van der Waals surface area contributed by atoms with Crippen LogP contribution in [0.3, 0.4) is 0 Å². The highest BCUT2D eigenvalue weighted by Crippen LogP contribution is 2.28. The molecular weight excluding hydrogens is 549 g/mol. The number of nitrogens with zero attached hydrogens (tertiary/aromatic N) is 8. The average molecular weight is 577 g/mol. The molecule has 1 unspecified atom stereocenters. The highest BCUT2D eigenvalue weighted by molar-refractivity contribution is 5.54. The first kappa shape index (κ1) is 27.3. The van der Waals surface area contributed by atoms with Gasteiger partial charge in [-0.3, -0.25) is 0 Å². The smallest absolute Gasteiger partial charge is 0.350 e. The van der Waals surface area contributed by atoms with Crippen LogP contribution in [0.1, 0.15) is 5.56 Å². The van der Waals surface area contributed by atoms with Gasteiger partial charge in [0.2, 0.25) is 0 Å². The van der Waals surface area contributed by atoms with Crippen LogP contribution in [0.25, 0.3) is 5.69 Å². The molecular formula is C29H27F3N8O2. The number of aromatic nitrogens is 6. The molecule has 0 amide bonds. The third kappa shape index (κ3) is 5.50. The molecule has 0 bridgehead atoms. The van der Waals surface area contributed by atoms with Crippen LogP contribution >= 0.6 is 0 Å². The van der Waals surface area contributed by atoms with Crippen molar-refractivity contribution in [1.82, 2.24) is 29.1 Å². The van der Waals surface area contributed by atoms with E-state index < -0.39 is 29.5 Å². The second kappa shape index (κ2) is 11.2. The molecule has 1 atom stereocenters. The monoisotopic (exact) mass is 576 g/mol. The molecule has 3 aromatic carbocycles. The molecule has 216 valence electrons. The van der Waals surface area contributed by atoms with E-state index in [-0.39, 0.29) is 17.9 Å². The maximum absolute atomic E-state index is 14.8. The lowest BCUT2D eigenvalue weighted by Gasteiger charge is -2.37. The predicted molar refractivity (Wildman–Crippen MR) is 149 cm³/mol. The van der Waals surface area contributed by atoms with E-state index in [9.17, 15) is 23.1 Å². The zero-order valence-electron chi connectivity index (χ0n) is 22.4. The fraction of sp³-hybridized carbons (Fsp3) is 0.241. The van der Waals surface area contributed by atoms with Gasteiger partial charge in [0, 0.05) is 49.2 Å². The van der Waals surface area contributed by atoms with Crippen molar-refractivity contribution in [1.29, 1.82) is 0 Å². The predicted octanol–water partition coefficient (Wildman–Crippen LogP) is 2.96. The Kier molecular flexibility index (Phi) is 7.25. The molecule has 0 radical (unpaired) electrons. The Bertz CT molecular complexity index is 1710. The van der Waals surface area contributed by atoms with Gasteiger partial charge in [0.15, 0.2) is 0 Å². The summed E-state index contributed by atoms with van der Waals surface area (Å²) in [4.78, 5) is 21.6. The fourth-order valence-corrected chi connectivity index (χ4v) is 5.24. The molecule has 0 saturated carbocycles. The minimum atomic E-state index is -1.99. The van der Waals surface area contributed by atoms with E-state index in [1.807, 2.05) is 12.1 Å². The van der Waals surface area contributed by atoms with E-state index in [1.54, 1.807) is 24.3 Å². The van der Waals surface area contributed by atoms with Gasteiger partial charge in [-0.2, -0.15) is 10.2 Å². The molecule has 42 heavy (non-hydrogen) atoms. The number of piperazine rings is 1. The first-order chi connectivity index (χ1) is 20.3. The highest BCUT2D eigenvalue weighted by atomic mass is 19.1. The summed E-state index contributed by atoms with van der Waals surface area (Å²) in [6, 6.07) is 16.8. The number of benzene rings is 3. The van der Waals surface area contributed by atoms with Crippen LogP contribution in [0.2, 0.25) is 0 Å². The quantitative estimate of drug-likeness (QED) is 0.304. The van der Waals surface area contributed by atoms with Crippen LogP contribution in [-0.2, 0) is 18.7 Å². The van der Waals surface area contributed by atoms with Crippen LogP contribution in [0.5, 0.6) is 0 Å². The summed E-state index contributed by atoms with van der Waals surface area (Å²) in [5.74, 6) is -2.01. The Balaban J connectivity index is 1.18. The van der Waals surface area contributed by atoms with Gasteiger partial charge >= 0.3 is 5.69 Å². The molecule has 1 aliphatic heterocycles. The molecule has 3 heterocycles. The van der Waals surface area contributed by atoms with Crippen LogP contribution in [0.4, 0.5) is 24.5 Å². The third-order valence-electron chi connectivity index (χ3n) is 7.43. The summed E-state index contributed by atoms with van der Waals surface area (Å²) >= 11 is 0. The second-order valence-electron chi connectivity index (χ2n) is 10.2. The molecule has 5 aromatic rings. The van der Waals surface area contributed by atoms with E-state index in [0.29, 0.717) is 11.8 Å². The highest BCUT2D eigenvalue weighted by Gasteiger charge is 2.35. The van der Waals surface area contributed by atoms with Crippen LogP contribution in [0, 0.1) is 17.5 Å². The van der Waals surface area contributed by atoms with E-state index in [1.165, 1.54) is 40.4 Å². The average Bonchev–Trinajstić information content (AvgIpc) is 3.63. The van der Waals surface area contributed by atoms with Gasteiger partial charge in [-0.05, 0) is 54.6 Å². The summed E-state index contributed by atoms with van der Waals surface area (Å²) in [5.41, 5.74) is -0.202. The maximum atomic E-state index is 14.8. The first-order valence-corrected chi connectivity index (χ1v) is 13.3. The Morgan fingerprint density at radius 1 is 0.738 bits per heavy atom. The van der Waals surface area contributed by atoms with Crippen LogP contribution in [0.15, 0.2) is 90.5 Å². The molecule has 0 aliphatic carbocycles. The maximum Gasteiger partial charge on any atom is 0.350 e. The number of hydrogen-bond acceptors (Lipinski definition) is 7. The largest absolute Gasteiger partial charge is 0.381 e. The van der Waals surface area contributed by atoms with Crippen molar-refractivity contribution in [2.24, 2.45) is 0 Å². The molecule has 1 saturated heterocycles. The lowest BCUT2D eigenvalue weighted by Crippen LogP contribution is -2.46. The molecule has 1 fully saturated rings. The molecule has 13 heteroatoms. The first-order valence-electron chi connectivity index (χ1n) is 13.3. The van der Waals surface area contributed by atoms with Crippen molar-refractivity contribution in [2.45, 2.75) is 18.7 Å². The van der Waals surface area contributed by atoms with Crippen molar-refractivity contribution < 1.29 is 18.3 Å². The molecule has 6 rings (SSSR count). The van der Waals surface area contributed by atoms with Gasteiger partial charge in [0.1, 0.15) is 42.0 Å². The zero-order valence-corrected chi connectivity index (χ0v) is 22.4. The van der Waals surface area contributed by atoms with E-state index in [0.717, 1.165) is 54.4 Å². The second-order valence-corrected chi connectivity index (χ2v) is 10.2. The van der Waals surface area contributed by atoms with Gasteiger partial charge < -0.3 is 14.9 Å². The van der Waals surface area contributed by atoms with Gasteiger partial charge in [0.05, 0.1) is 18.8 Å². The topological polar surface area (TPSA) is 97.2 Å². The van der Waals surface area contributed by atoms with Gasteiger partial charge in [-0.25, -0.2) is 36.9 Å². The van der Waals surface area contributed by atoms with Gasteiger partial charge in [0.25, 0.3) is 0 Å². The standard InChI is InChI=1S/C29H27F3N8O2/c30-21-1-4-23(5-2-21)36-11-13-37(14-12-36)24-6-8-25(9-7-24)39-20-35-40(28(39)41)17-29(42,16-38-19-33-18-34-38)26-10-3-22(31)15-27(26)32/h1-10,15,18-20,42H,11-14,16-17H2. The van der Waals surface area contributed by atoms with Crippen molar-refractivity contribution in [2.75, 3.05) is 36.0 Å². The summed E-state index contributed by atoms with van der Waals surface area (Å²) in [5, 5.41) is 19.7.